The fraction of sp³-hybridized carbons (Fsp3) is 0.556. The lowest BCUT2D eigenvalue weighted by Gasteiger charge is -2.33. The van der Waals surface area contributed by atoms with Crippen LogP contribution in [-0.2, 0) is 4.79 Å². The molecule has 0 unspecified atom stereocenters. The summed E-state index contributed by atoms with van der Waals surface area (Å²) in [5.41, 5.74) is 2.91. The summed E-state index contributed by atoms with van der Waals surface area (Å²) in [5, 5.41) is 14.5. The largest absolute Gasteiger partial charge is 0.376 e. The molecule has 0 radical (unpaired) electrons. The molecule has 134 valence electrons. The lowest BCUT2D eigenvalue weighted by atomic mass is 9.94. The topological polar surface area (TPSA) is 75.9 Å². The van der Waals surface area contributed by atoms with Gasteiger partial charge in [0.05, 0.1) is 12.2 Å². The van der Waals surface area contributed by atoms with Gasteiger partial charge in [0.25, 0.3) is 0 Å². The predicted octanol–water partition coefficient (Wildman–Crippen LogP) is 2.56. The monoisotopic (exact) mass is 342 g/mol. The van der Waals surface area contributed by atoms with Crippen molar-refractivity contribution in [1.82, 2.24) is 25.1 Å². The number of benzene rings is 1. The maximum atomic E-state index is 12.6. The van der Waals surface area contributed by atoms with Crippen molar-refractivity contribution in [1.29, 1.82) is 0 Å². The molecule has 2 aromatic rings. The maximum absolute atomic E-state index is 12.6. The third-order valence-corrected chi connectivity index (χ3v) is 4.91. The highest BCUT2D eigenvalue weighted by atomic mass is 16.2. The number of hydrogen-bond acceptors (Lipinski definition) is 5. The van der Waals surface area contributed by atoms with Crippen LogP contribution in [0.1, 0.15) is 44.6 Å². The Morgan fingerprint density at radius 3 is 2.76 bits per heavy atom. The van der Waals surface area contributed by atoms with Gasteiger partial charge in [0.1, 0.15) is 6.33 Å². The van der Waals surface area contributed by atoms with Crippen LogP contribution in [0.3, 0.4) is 0 Å². The highest BCUT2D eigenvalue weighted by molar-refractivity contribution is 5.81. The quantitative estimate of drug-likeness (QED) is 0.873. The number of carbonyl (C=O) groups excluding carboxylic acids is 1. The van der Waals surface area contributed by atoms with E-state index in [0.29, 0.717) is 12.6 Å². The van der Waals surface area contributed by atoms with Crippen LogP contribution in [0.25, 0.3) is 5.69 Å². The first kappa shape index (κ1) is 17.4. The molecule has 7 heteroatoms. The number of carbonyl (C=O) groups is 1. The highest BCUT2D eigenvalue weighted by Crippen LogP contribution is 2.23. The fourth-order valence-corrected chi connectivity index (χ4v) is 3.60. The van der Waals surface area contributed by atoms with Gasteiger partial charge >= 0.3 is 0 Å². The van der Waals surface area contributed by atoms with E-state index in [9.17, 15) is 4.79 Å². The Labute approximate surface area is 148 Å². The van der Waals surface area contributed by atoms with Crippen LogP contribution in [0.2, 0.25) is 0 Å². The molecule has 0 aliphatic heterocycles. The third-order valence-electron chi connectivity index (χ3n) is 4.91. The lowest BCUT2D eigenvalue weighted by Crippen LogP contribution is -2.43. The number of nitrogens with one attached hydrogen (secondary N) is 1. The second kappa shape index (κ2) is 8.09. The van der Waals surface area contributed by atoms with E-state index >= 15 is 0 Å². The Morgan fingerprint density at radius 1 is 1.32 bits per heavy atom. The van der Waals surface area contributed by atoms with Crippen molar-refractivity contribution in [3.05, 3.63) is 30.1 Å². The molecule has 7 nitrogen and oxygen atoms in total. The Hall–Kier alpha value is -2.44. The zero-order chi connectivity index (χ0) is 17.6. The van der Waals surface area contributed by atoms with Crippen molar-refractivity contribution < 1.29 is 4.79 Å². The van der Waals surface area contributed by atoms with Crippen LogP contribution < -0.4 is 5.32 Å². The lowest BCUT2D eigenvalue weighted by molar-refractivity contribution is -0.132. The molecule has 1 saturated carbocycles. The fourth-order valence-electron chi connectivity index (χ4n) is 3.60. The molecule has 3 rings (SSSR count). The van der Waals surface area contributed by atoms with E-state index in [1.54, 1.807) is 11.0 Å². The van der Waals surface area contributed by atoms with Crippen molar-refractivity contribution in [2.75, 3.05) is 18.4 Å². The standard InChI is InChI=1S/C18H26N6O/c1-3-23(16-7-5-4-6-8-16)18(25)12-19-15-9-10-17(14(2)11-15)24-13-20-21-22-24/h9-11,13,16,19H,3-8,12H2,1-2H3. The first-order valence-electron chi connectivity index (χ1n) is 9.06. The average molecular weight is 342 g/mol. The first-order chi connectivity index (χ1) is 12.2. The molecule has 1 heterocycles. The zero-order valence-electron chi connectivity index (χ0n) is 15.0. The van der Waals surface area contributed by atoms with Crippen molar-refractivity contribution in [2.45, 2.75) is 52.0 Å². The van der Waals surface area contributed by atoms with Gasteiger partial charge in [-0.1, -0.05) is 19.3 Å². The molecule has 0 spiro atoms. The summed E-state index contributed by atoms with van der Waals surface area (Å²) in [6.45, 7) is 5.18. The van der Waals surface area contributed by atoms with Crippen LogP contribution in [-0.4, -0.2) is 50.1 Å². The number of hydrogen-bond donors (Lipinski definition) is 1. The minimum atomic E-state index is 0.177. The molecular weight excluding hydrogens is 316 g/mol. The highest BCUT2D eigenvalue weighted by Gasteiger charge is 2.23. The molecule has 25 heavy (non-hydrogen) atoms. The van der Waals surface area contributed by atoms with Crippen molar-refractivity contribution >= 4 is 11.6 Å². The van der Waals surface area contributed by atoms with E-state index in [1.807, 2.05) is 30.0 Å². The number of tetrazole rings is 1. The van der Waals surface area contributed by atoms with Crippen LogP contribution in [0, 0.1) is 6.92 Å². The van der Waals surface area contributed by atoms with Crippen molar-refractivity contribution in [3.8, 4) is 5.69 Å². The van der Waals surface area contributed by atoms with Gasteiger partial charge in [-0.2, -0.15) is 0 Å². The Balaban J connectivity index is 1.60. The normalized spacial score (nSPS) is 15.1. The molecule has 0 atom stereocenters. The van der Waals surface area contributed by atoms with E-state index in [4.69, 9.17) is 0 Å². The minimum absolute atomic E-state index is 0.177. The molecule has 1 amide bonds. The SMILES string of the molecule is CCN(C(=O)CNc1ccc(-n2cnnn2)c(C)c1)C1CCCCC1. The molecule has 1 N–H and O–H groups in total. The number of anilines is 1. The summed E-state index contributed by atoms with van der Waals surface area (Å²) in [4.78, 5) is 14.7. The maximum Gasteiger partial charge on any atom is 0.242 e. The summed E-state index contributed by atoms with van der Waals surface area (Å²) in [6, 6.07) is 6.34. The van der Waals surface area contributed by atoms with Gasteiger partial charge < -0.3 is 10.2 Å². The van der Waals surface area contributed by atoms with Crippen LogP contribution in [0.4, 0.5) is 5.69 Å². The van der Waals surface area contributed by atoms with Crippen LogP contribution in [0.5, 0.6) is 0 Å². The average Bonchev–Trinajstić information content (AvgIpc) is 3.16. The van der Waals surface area contributed by atoms with Gasteiger partial charge in [0.2, 0.25) is 5.91 Å². The van der Waals surface area contributed by atoms with E-state index < -0.39 is 0 Å². The Bertz CT molecular complexity index is 694. The molecular formula is C18H26N6O. The minimum Gasteiger partial charge on any atom is -0.376 e. The second-order valence-corrected chi connectivity index (χ2v) is 6.58. The van der Waals surface area contributed by atoms with Crippen molar-refractivity contribution in [2.24, 2.45) is 0 Å². The van der Waals surface area contributed by atoms with E-state index in [0.717, 1.165) is 36.3 Å². The zero-order valence-corrected chi connectivity index (χ0v) is 15.0. The summed E-state index contributed by atoms with van der Waals surface area (Å²) in [7, 11) is 0. The molecule has 1 aliphatic carbocycles. The number of aromatic nitrogens is 4. The second-order valence-electron chi connectivity index (χ2n) is 6.58. The van der Waals surface area contributed by atoms with Crippen LogP contribution in [0.15, 0.2) is 24.5 Å². The van der Waals surface area contributed by atoms with E-state index in [1.165, 1.54) is 19.3 Å². The van der Waals surface area contributed by atoms with Gasteiger partial charge in [-0.3, -0.25) is 4.79 Å². The molecule has 1 aromatic carbocycles. The van der Waals surface area contributed by atoms with Gasteiger partial charge in [-0.05, 0) is 60.9 Å². The van der Waals surface area contributed by atoms with E-state index in [2.05, 4.69) is 27.8 Å². The molecule has 1 aliphatic rings. The first-order valence-corrected chi connectivity index (χ1v) is 9.06. The van der Waals surface area contributed by atoms with Gasteiger partial charge in [-0.25, -0.2) is 4.68 Å². The summed E-state index contributed by atoms with van der Waals surface area (Å²) in [5.74, 6) is 0.177. The number of likely N-dealkylation sites (N-methyl/N-ethyl adjacent to an activating group) is 1. The molecule has 0 bridgehead atoms. The van der Waals surface area contributed by atoms with Crippen LogP contribution >= 0.6 is 0 Å². The Morgan fingerprint density at radius 2 is 2.12 bits per heavy atom. The number of nitrogens with zero attached hydrogens (tertiary/aromatic N) is 5. The third kappa shape index (κ3) is 4.15. The van der Waals surface area contributed by atoms with Gasteiger partial charge in [-0.15, -0.1) is 5.10 Å². The summed E-state index contributed by atoms with van der Waals surface area (Å²) in [6.07, 6.45) is 7.62. The van der Waals surface area contributed by atoms with Gasteiger partial charge in [0.15, 0.2) is 0 Å². The smallest absolute Gasteiger partial charge is 0.242 e. The predicted molar refractivity (Wildman–Crippen MR) is 96.6 cm³/mol. The number of rotatable bonds is 6. The molecule has 1 fully saturated rings. The summed E-state index contributed by atoms with van der Waals surface area (Å²) < 4.78 is 1.63. The van der Waals surface area contributed by atoms with Gasteiger partial charge in [0, 0.05) is 18.3 Å². The number of aryl methyl sites for hydroxylation is 1. The number of amides is 1. The Kier molecular flexibility index (Phi) is 5.63. The molecule has 0 saturated heterocycles. The molecule has 1 aromatic heterocycles. The van der Waals surface area contributed by atoms with E-state index in [-0.39, 0.29) is 5.91 Å². The summed E-state index contributed by atoms with van der Waals surface area (Å²) >= 11 is 0. The van der Waals surface area contributed by atoms with Crippen molar-refractivity contribution in [3.63, 3.8) is 0 Å².